The molecule has 0 aromatic carbocycles. The minimum Gasteiger partial charge on any atom is -0.469 e. The van der Waals surface area contributed by atoms with Crippen molar-refractivity contribution in [2.75, 3.05) is 0 Å². The quantitative estimate of drug-likeness (QED) is 0.649. The van der Waals surface area contributed by atoms with Crippen molar-refractivity contribution in [3.63, 3.8) is 0 Å². The lowest BCUT2D eigenvalue weighted by molar-refractivity contribution is 0.534. The number of furan rings is 1. The van der Waals surface area contributed by atoms with E-state index in [1.165, 1.54) is 0 Å². The first-order valence-corrected chi connectivity index (χ1v) is 5.04. The molecule has 0 amide bonds. The smallest absolute Gasteiger partial charge is 0.198 e. The second-order valence-electron chi connectivity index (χ2n) is 3.38. The molecule has 0 aliphatic carbocycles. The first-order chi connectivity index (χ1) is 7.75. The summed E-state index contributed by atoms with van der Waals surface area (Å²) in [4.78, 5) is 3.94. The zero-order valence-electron chi connectivity index (χ0n) is 8.38. The number of nitrogens with zero attached hydrogens (tertiary/aromatic N) is 4. The molecule has 0 atom stereocenters. The molecule has 80 valence electrons. The fourth-order valence-electron chi connectivity index (χ4n) is 1.55. The van der Waals surface area contributed by atoms with E-state index in [0.717, 1.165) is 11.3 Å². The molecule has 0 saturated heterocycles. The van der Waals surface area contributed by atoms with Crippen LogP contribution in [-0.4, -0.2) is 19.6 Å². The van der Waals surface area contributed by atoms with Gasteiger partial charge < -0.3 is 4.42 Å². The molecule has 3 heterocycles. The Labute approximate surface area is 95.7 Å². The lowest BCUT2D eigenvalue weighted by atomic mass is 10.3. The fraction of sp³-hybridized carbons (Fsp3) is 0.100. The third-order valence-corrected chi connectivity index (χ3v) is 2.54. The molecular formula is C10H7ClN4O. The first kappa shape index (κ1) is 9.35. The number of aryl methyl sites for hydroxylation is 1. The van der Waals surface area contributed by atoms with E-state index in [1.807, 2.05) is 13.0 Å². The second kappa shape index (κ2) is 3.31. The Kier molecular flexibility index (Phi) is 1.94. The Morgan fingerprint density at radius 2 is 2.25 bits per heavy atom. The van der Waals surface area contributed by atoms with Crippen LogP contribution in [0.5, 0.6) is 0 Å². The van der Waals surface area contributed by atoms with E-state index in [-0.39, 0.29) is 0 Å². The van der Waals surface area contributed by atoms with Crippen LogP contribution >= 0.6 is 11.6 Å². The van der Waals surface area contributed by atoms with Crippen molar-refractivity contribution >= 4 is 17.2 Å². The number of hydrogen-bond donors (Lipinski definition) is 0. The topological polar surface area (TPSA) is 56.2 Å². The lowest BCUT2D eigenvalue weighted by Crippen LogP contribution is -1.89. The highest BCUT2D eigenvalue weighted by atomic mass is 35.5. The summed E-state index contributed by atoms with van der Waals surface area (Å²) in [5, 5.41) is 8.38. The van der Waals surface area contributed by atoms with Gasteiger partial charge in [-0.3, -0.25) is 4.40 Å². The Morgan fingerprint density at radius 1 is 1.38 bits per heavy atom. The average molecular weight is 235 g/mol. The highest BCUT2D eigenvalue weighted by Crippen LogP contribution is 2.22. The van der Waals surface area contributed by atoms with E-state index in [0.29, 0.717) is 16.6 Å². The highest BCUT2D eigenvalue weighted by molar-refractivity contribution is 6.32. The van der Waals surface area contributed by atoms with E-state index in [1.54, 1.807) is 23.1 Å². The molecule has 6 heteroatoms. The minimum atomic E-state index is 0.335. The Bertz CT molecular complexity index is 658. The van der Waals surface area contributed by atoms with Crippen LogP contribution in [0.3, 0.4) is 0 Å². The Hall–Kier alpha value is -1.88. The zero-order valence-corrected chi connectivity index (χ0v) is 9.14. The third-order valence-electron chi connectivity index (χ3n) is 2.27. The van der Waals surface area contributed by atoms with Gasteiger partial charge in [0.05, 0.1) is 5.56 Å². The maximum atomic E-state index is 5.91. The van der Waals surface area contributed by atoms with Crippen LogP contribution in [0.15, 0.2) is 29.1 Å². The van der Waals surface area contributed by atoms with Gasteiger partial charge in [0.25, 0.3) is 0 Å². The summed E-state index contributed by atoms with van der Waals surface area (Å²) in [5.41, 5.74) is 1.41. The number of halogens is 1. The van der Waals surface area contributed by atoms with Gasteiger partial charge in [0.2, 0.25) is 0 Å². The minimum absolute atomic E-state index is 0.335. The van der Waals surface area contributed by atoms with Crippen molar-refractivity contribution in [2.24, 2.45) is 0 Å². The molecule has 0 fully saturated rings. The summed E-state index contributed by atoms with van der Waals surface area (Å²) in [6, 6.07) is 1.89. The number of rotatable bonds is 1. The number of hydrogen-bond acceptors (Lipinski definition) is 4. The predicted octanol–water partition coefficient (Wildman–Crippen LogP) is 2.35. The van der Waals surface area contributed by atoms with Gasteiger partial charge in [-0.05, 0) is 13.0 Å². The molecule has 3 aromatic rings. The Morgan fingerprint density at radius 3 is 3.00 bits per heavy atom. The molecule has 0 spiro atoms. The van der Waals surface area contributed by atoms with Gasteiger partial charge in [-0.2, -0.15) is 0 Å². The summed E-state index contributed by atoms with van der Waals surface area (Å²) in [5.74, 6) is 1.52. The SMILES string of the molecule is Cc1cc(-c2nnc3c(Cl)nccn23)co1. The molecule has 0 unspecified atom stereocenters. The maximum absolute atomic E-state index is 5.91. The molecular weight excluding hydrogens is 228 g/mol. The van der Waals surface area contributed by atoms with Crippen LogP contribution in [-0.2, 0) is 0 Å². The average Bonchev–Trinajstić information content (AvgIpc) is 2.84. The van der Waals surface area contributed by atoms with Crippen LogP contribution in [0.1, 0.15) is 5.76 Å². The van der Waals surface area contributed by atoms with Crippen LogP contribution < -0.4 is 0 Å². The van der Waals surface area contributed by atoms with Crippen LogP contribution in [0.25, 0.3) is 17.0 Å². The van der Waals surface area contributed by atoms with Crippen molar-refractivity contribution in [3.05, 3.63) is 35.6 Å². The highest BCUT2D eigenvalue weighted by Gasteiger charge is 2.12. The van der Waals surface area contributed by atoms with Crippen LogP contribution in [0.4, 0.5) is 0 Å². The van der Waals surface area contributed by atoms with Gasteiger partial charge in [0.1, 0.15) is 12.0 Å². The first-order valence-electron chi connectivity index (χ1n) is 4.66. The molecule has 3 aromatic heterocycles. The van der Waals surface area contributed by atoms with Crippen molar-refractivity contribution in [3.8, 4) is 11.4 Å². The van der Waals surface area contributed by atoms with Gasteiger partial charge in [0, 0.05) is 12.4 Å². The van der Waals surface area contributed by atoms with Gasteiger partial charge in [-0.25, -0.2) is 4.98 Å². The summed E-state index contributed by atoms with van der Waals surface area (Å²) < 4.78 is 7.02. The maximum Gasteiger partial charge on any atom is 0.198 e. The van der Waals surface area contributed by atoms with Crippen molar-refractivity contribution in [2.45, 2.75) is 6.92 Å². The molecule has 0 radical (unpaired) electrons. The van der Waals surface area contributed by atoms with Crippen LogP contribution in [0.2, 0.25) is 5.15 Å². The molecule has 0 bridgehead atoms. The van der Waals surface area contributed by atoms with Crippen molar-refractivity contribution < 1.29 is 4.42 Å². The zero-order chi connectivity index (χ0) is 11.1. The van der Waals surface area contributed by atoms with Crippen molar-refractivity contribution in [1.29, 1.82) is 0 Å². The Balaban J connectivity index is 2.29. The third kappa shape index (κ3) is 1.29. The van der Waals surface area contributed by atoms with E-state index < -0.39 is 0 Å². The van der Waals surface area contributed by atoms with Gasteiger partial charge in [-0.15, -0.1) is 10.2 Å². The fourth-order valence-corrected chi connectivity index (χ4v) is 1.74. The molecule has 0 N–H and O–H groups in total. The summed E-state index contributed by atoms with van der Waals surface area (Å²) in [6.45, 7) is 1.88. The summed E-state index contributed by atoms with van der Waals surface area (Å²) in [7, 11) is 0. The van der Waals surface area contributed by atoms with Crippen LogP contribution in [0, 0.1) is 6.92 Å². The van der Waals surface area contributed by atoms with E-state index in [4.69, 9.17) is 16.0 Å². The predicted molar refractivity (Wildman–Crippen MR) is 58.2 cm³/mol. The molecule has 5 nitrogen and oxygen atoms in total. The second-order valence-corrected chi connectivity index (χ2v) is 3.74. The van der Waals surface area contributed by atoms with Gasteiger partial charge >= 0.3 is 0 Å². The van der Waals surface area contributed by atoms with E-state index in [2.05, 4.69) is 15.2 Å². The van der Waals surface area contributed by atoms with E-state index in [9.17, 15) is 0 Å². The molecule has 0 aliphatic rings. The van der Waals surface area contributed by atoms with Gasteiger partial charge in [0.15, 0.2) is 16.6 Å². The normalized spacial score (nSPS) is 11.1. The molecule has 3 rings (SSSR count). The largest absolute Gasteiger partial charge is 0.469 e. The van der Waals surface area contributed by atoms with E-state index >= 15 is 0 Å². The number of fused-ring (bicyclic) bond motifs is 1. The summed E-state index contributed by atoms with van der Waals surface area (Å²) >= 11 is 5.91. The standard InChI is InChI=1S/C10H7ClN4O/c1-6-4-7(5-16-6)9-13-14-10-8(11)12-2-3-15(9)10/h2-5H,1H3. The van der Waals surface area contributed by atoms with Crippen molar-refractivity contribution in [1.82, 2.24) is 19.6 Å². The van der Waals surface area contributed by atoms with Gasteiger partial charge in [-0.1, -0.05) is 11.6 Å². The monoisotopic (exact) mass is 234 g/mol. The molecule has 16 heavy (non-hydrogen) atoms. The molecule has 0 saturated carbocycles. The number of aromatic nitrogens is 4. The summed E-state index contributed by atoms with van der Waals surface area (Å²) in [6.07, 6.45) is 5.01. The molecule has 0 aliphatic heterocycles. The lowest BCUT2D eigenvalue weighted by Gasteiger charge is -1.95.